The fourth-order valence-electron chi connectivity index (χ4n) is 4.69. The summed E-state index contributed by atoms with van der Waals surface area (Å²) in [4.78, 5) is 20.4. The van der Waals surface area contributed by atoms with Crippen molar-refractivity contribution in [1.29, 1.82) is 0 Å². The van der Waals surface area contributed by atoms with Crippen LogP contribution in [0, 0.1) is 34.6 Å². The minimum atomic E-state index is 0.573. The van der Waals surface area contributed by atoms with Crippen LogP contribution in [0.2, 0.25) is 0 Å². The van der Waals surface area contributed by atoms with Crippen LogP contribution in [0.3, 0.4) is 0 Å². The van der Waals surface area contributed by atoms with Crippen LogP contribution < -0.4 is 0 Å². The van der Waals surface area contributed by atoms with Crippen LogP contribution in [0.5, 0.6) is 0 Å². The molecular formula is C35H32N4. The molecule has 4 heteroatoms. The summed E-state index contributed by atoms with van der Waals surface area (Å²) in [6.45, 7) is 10.4. The first-order valence-corrected chi connectivity index (χ1v) is 13.2. The smallest absolute Gasteiger partial charge is 0.179 e. The van der Waals surface area contributed by atoms with Gasteiger partial charge in [0.1, 0.15) is 5.71 Å². The van der Waals surface area contributed by atoms with E-state index in [2.05, 4.69) is 88.4 Å². The first-order chi connectivity index (χ1) is 18.9. The molecule has 0 N–H and O–H groups in total. The Balaban J connectivity index is 1.76. The fraction of sp³-hybridized carbons (Fsp3) is 0.143. The van der Waals surface area contributed by atoms with Crippen LogP contribution in [0.4, 0.5) is 11.4 Å². The van der Waals surface area contributed by atoms with E-state index in [0.717, 1.165) is 67.6 Å². The van der Waals surface area contributed by atoms with E-state index in [1.54, 1.807) is 0 Å². The summed E-state index contributed by atoms with van der Waals surface area (Å²) < 4.78 is 0. The molecule has 4 aromatic carbocycles. The quantitative estimate of drug-likeness (QED) is 0.216. The highest BCUT2D eigenvalue weighted by atomic mass is 14.9. The SMILES string of the molecule is Cc1cc(C(=Nc2c(C)cccc2C)c2ccccc2)nc(C(=Nc2c(C)cccc2C)c2ccccc2)n1. The number of hydrogen-bond donors (Lipinski definition) is 0. The van der Waals surface area contributed by atoms with Crippen LogP contribution in [0.15, 0.2) is 113 Å². The topological polar surface area (TPSA) is 50.5 Å². The van der Waals surface area contributed by atoms with Crippen molar-refractivity contribution < 1.29 is 0 Å². The van der Waals surface area contributed by atoms with Gasteiger partial charge in [-0.1, -0.05) is 97.1 Å². The van der Waals surface area contributed by atoms with Crippen molar-refractivity contribution in [2.75, 3.05) is 0 Å². The Labute approximate surface area is 230 Å². The lowest BCUT2D eigenvalue weighted by atomic mass is 10.0. The van der Waals surface area contributed by atoms with Gasteiger partial charge >= 0.3 is 0 Å². The second-order valence-electron chi connectivity index (χ2n) is 9.85. The van der Waals surface area contributed by atoms with E-state index in [0.29, 0.717) is 5.82 Å². The summed E-state index contributed by atoms with van der Waals surface area (Å²) in [7, 11) is 0. The van der Waals surface area contributed by atoms with Crippen LogP contribution in [0.25, 0.3) is 0 Å². The van der Waals surface area contributed by atoms with Crippen molar-refractivity contribution in [1.82, 2.24) is 9.97 Å². The van der Waals surface area contributed by atoms with E-state index in [1.165, 1.54) is 0 Å². The molecule has 0 radical (unpaired) electrons. The Kier molecular flexibility index (Phi) is 7.55. The van der Waals surface area contributed by atoms with Crippen LogP contribution in [-0.4, -0.2) is 21.4 Å². The minimum absolute atomic E-state index is 0.573. The summed E-state index contributed by atoms with van der Waals surface area (Å²) in [5.74, 6) is 0.573. The van der Waals surface area contributed by atoms with E-state index in [-0.39, 0.29) is 0 Å². The number of para-hydroxylation sites is 2. The van der Waals surface area contributed by atoms with Gasteiger partial charge in [-0.25, -0.2) is 20.0 Å². The standard InChI is InChI=1S/C35H32N4/c1-23-14-12-15-24(2)31(23)38-33(28-18-8-6-9-19-28)30-22-27(5)36-35(37-30)34(29-20-10-7-11-21-29)39-32-25(3)16-13-17-26(32)4/h6-22H,1-5H3. The van der Waals surface area contributed by atoms with Gasteiger partial charge in [0.2, 0.25) is 0 Å². The molecule has 0 saturated carbocycles. The van der Waals surface area contributed by atoms with Crippen molar-refractivity contribution in [3.63, 3.8) is 0 Å². The Morgan fingerprint density at radius 1 is 0.487 bits per heavy atom. The Bertz CT molecular complexity index is 1520. The molecule has 0 amide bonds. The maximum atomic E-state index is 5.21. The minimum Gasteiger partial charge on any atom is -0.246 e. The molecule has 0 bridgehead atoms. The zero-order valence-corrected chi connectivity index (χ0v) is 23.1. The molecule has 5 rings (SSSR count). The van der Waals surface area contributed by atoms with E-state index >= 15 is 0 Å². The van der Waals surface area contributed by atoms with Gasteiger partial charge in [0.15, 0.2) is 5.82 Å². The molecule has 0 fully saturated rings. The lowest BCUT2D eigenvalue weighted by molar-refractivity contribution is 1.06. The van der Waals surface area contributed by atoms with Crippen LogP contribution >= 0.6 is 0 Å². The molecule has 0 aliphatic carbocycles. The highest BCUT2D eigenvalue weighted by molar-refractivity contribution is 6.15. The van der Waals surface area contributed by atoms with Gasteiger partial charge in [0.25, 0.3) is 0 Å². The third-order valence-corrected chi connectivity index (χ3v) is 6.73. The number of aryl methyl sites for hydroxylation is 5. The predicted octanol–water partition coefficient (Wildman–Crippen LogP) is 8.36. The molecule has 1 aromatic heterocycles. The zero-order valence-electron chi connectivity index (χ0n) is 23.1. The molecule has 0 spiro atoms. The summed E-state index contributed by atoms with van der Waals surface area (Å²) in [5, 5.41) is 0. The second-order valence-corrected chi connectivity index (χ2v) is 9.85. The molecule has 1 heterocycles. The molecule has 0 aliphatic heterocycles. The number of aliphatic imine (C=N–C) groups is 2. The lowest BCUT2D eigenvalue weighted by Gasteiger charge is -2.14. The number of hydrogen-bond acceptors (Lipinski definition) is 4. The molecule has 0 atom stereocenters. The van der Waals surface area contributed by atoms with Gasteiger partial charge in [-0.3, -0.25) is 0 Å². The molecule has 0 saturated heterocycles. The summed E-state index contributed by atoms with van der Waals surface area (Å²) in [6.07, 6.45) is 0. The van der Waals surface area contributed by atoms with Gasteiger partial charge < -0.3 is 0 Å². The second kappa shape index (κ2) is 11.4. The fourth-order valence-corrected chi connectivity index (χ4v) is 4.69. The molecule has 192 valence electrons. The molecule has 4 nitrogen and oxygen atoms in total. The Morgan fingerprint density at radius 3 is 1.41 bits per heavy atom. The Hall–Kier alpha value is -4.70. The van der Waals surface area contributed by atoms with Crippen LogP contribution in [0.1, 0.15) is 50.6 Å². The average Bonchev–Trinajstić information content (AvgIpc) is 2.93. The van der Waals surface area contributed by atoms with Gasteiger partial charge in [0, 0.05) is 16.8 Å². The van der Waals surface area contributed by atoms with Crippen molar-refractivity contribution >= 4 is 22.8 Å². The maximum Gasteiger partial charge on any atom is 0.179 e. The zero-order chi connectivity index (χ0) is 27.4. The van der Waals surface area contributed by atoms with Crippen molar-refractivity contribution in [2.45, 2.75) is 34.6 Å². The Morgan fingerprint density at radius 2 is 0.923 bits per heavy atom. The van der Waals surface area contributed by atoms with E-state index < -0.39 is 0 Å². The first-order valence-electron chi connectivity index (χ1n) is 13.2. The molecule has 5 aromatic rings. The normalized spacial score (nSPS) is 12.0. The van der Waals surface area contributed by atoms with Gasteiger partial charge in [-0.2, -0.15) is 0 Å². The van der Waals surface area contributed by atoms with E-state index in [4.69, 9.17) is 20.0 Å². The molecule has 39 heavy (non-hydrogen) atoms. The lowest BCUT2D eigenvalue weighted by Crippen LogP contribution is -2.15. The molecule has 0 aliphatic rings. The number of rotatable bonds is 6. The maximum absolute atomic E-state index is 5.21. The number of nitrogens with zero attached hydrogens (tertiary/aromatic N) is 4. The van der Waals surface area contributed by atoms with Crippen molar-refractivity contribution in [3.8, 4) is 0 Å². The average molecular weight is 509 g/mol. The third kappa shape index (κ3) is 5.75. The number of benzene rings is 4. The van der Waals surface area contributed by atoms with Crippen molar-refractivity contribution in [3.05, 3.63) is 154 Å². The van der Waals surface area contributed by atoms with Gasteiger partial charge in [0.05, 0.1) is 22.8 Å². The van der Waals surface area contributed by atoms with Crippen molar-refractivity contribution in [2.24, 2.45) is 9.98 Å². The summed E-state index contributed by atoms with van der Waals surface area (Å²) in [5.41, 5.74) is 11.5. The first kappa shape index (κ1) is 25.9. The molecular weight excluding hydrogens is 476 g/mol. The highest BCUT2D eigenvalue weighted by Gasteiger charge is 2.18. The van der Waals surface area contributed by atoms with Crippen LogP contribution in [-0.2, 0) is 0 Å². The third-order valence-electron chi connectivity index (χ3n) is 6.73. The van der Waals surface area contributed by atoms with Gasteiger partial charge in [-0.05, 0) is 62.9 Å². The van der Waals surface area contributed by atoms with E-state index in [1.807, 2.05) is 49.4 Å². The highest BCUT2D eigenvalue weighted by Crippen LogP contribution is 2.27. The van der Waals surface area contributed by atoms with E-state index in [9.17, 15) is 0 Å². The monoisotopic (exact) mass is 508 g/mol. The summed E-state index contributed by atoms with van der Waals surface area (Å²) >= 11 is 0. The molecule has 0 unspecified atom stereocenters. The number of aromatic nitrogens is 2. The predicted molar refractivity (Wildman–Crippen MR) is 162 cm³/mol. The van der Waals surface area contributed by atoms with Gasteiger partial charge in [-0.15, -0.1) is 0 Å². The largest absolute Gasteiger partial charge is 0.246 e. The summed E-state index contributed by atoms with van der Waals surface area (Å²) in [6, 6.07) is 34.9.